The van der Waals surface area contributed by atoms with Gasteiger partial charge in [0.2, 0.25) is 0 Å². The second kappa shape index (κ2) is 6.13. The van der Waals surface area contributed by atoms with Gasteiger partial charge in [-0.15, -0.1) is 0 Å². The quantitative estimate of drug-likeness (QED) is 0.767. The zero-order chi connectivity index (χ0) is 13.2. The Morgan fingerprint density at radius 1 is 0.842 bits per heavy atom. The van der Waals surface area contributed by atoms with E-state index < -0.39 is 0 Å². The van der Waals surface area contributed by atoms with E-state index >= 15 is 0 Å². The van der Waals surface area contributed by atoms with E-state index in [-0.39, 0.29) is 0 Å². The molecule has 3 rings (SSSR count). The van der Waals surface area contributed by atoms with E-state index in [0.717, 1.165) is 30.1 Å². The summed E-state index contributed by atoms with van der Waals surface area (Å²) in [6, 6.07) is 3.45. The van der Waals surface area contributed by atoms with Crippen LogP contribution in [-0.2, 0) is 0 Å². The van der Waals surface area contributed by atoms with Crippen LogP contribution in [0.25, 0.3) is 0 Å². The van der Waals surface area contributed by atoms with Crippen molar-refractivity contribution >= 4 is 0 Å². The Kier molecular flexibility index (Phi) is 4.48. The van der Waals surface area contributed by atoms with Crippen molar-refractivity contribution in [3.05, 3.63) is 0 Å². The highest BCUT2D eigenvalue weighted by molar-refractivity contribution is 4.98. The van der Waals surface area contributed by atoms with Gasteiger partial charge in [0.15, 0.2) is 0 Å². The number of piperidine rings is 2. The van der Waals surface area contributed by atoms with Crippen LogP contribution in [0.5, 0.6) is 0 Å². The Morgan fingerprint density at radius 3 is 2.21 bits per heavy atom. The molecule has 0 radical (unpaired) electrons. The summed E-state index contributed by atoms with van der Waals surface area (Å²) >= 11 is 0. The van der Waals surface area contributed by atoms with Crippen molar-refractivity contribution < 1.29 is 0 Å². The molecule has 4 atom stereocenters. The number of nitrogens with one attached hydrogen (secondary N) is 1. The van der Waals surface area contributed by atoms with E-state index in [9.17, 15) is 0 Å². The minimum Gasteiger partial charge on any atom is -0.317 e. The van der Waals surface area contributed by atoms with Crippen molar-refractivity contribution in [1.82, 2.24) is 10.2 Å². The largest absolute Gasteiger partial charge is 0.317 e. The molecule has 0 aromatic rings. The lowest BCUT2D eigenvalue weighted by Crippen LogP contribution is -2.60. The van der Waals surface area contributed by atoms with Crippen molar-refractivity contribution in [2.45, 2.75) is 95.3 Å². The molecule has 1 N–H and O–H groups in total. The third-order valence-corrected chi connectivity index (χ3v) is 6.14. The van der Waals surface area contributed by atoms with Gasteiger partial charge in [-0.05, 0) is 51.5 Å². The van der Waals surface area contributed by atoms with Gasteiger partial charge in [0.05, 0.1) is 0 Å². The topological polar surface area (TPSA) is 15.3 Å². The second-order valence-electron chi connectivity index (χ2n) is 7.33. The van der Waals surface area contributed by atoms with E-state index in [4.69, 9.17) is 0 Å². The van der Waals surface area contributed by atoms with Crippen molar-refractivity contribution in [2.75, 3.05) is 7.05 Å². The lowest BCUT2D eigenvalue weighted by molar-refractivity contribution is -0.0290. The standard InChI is InChI=1S/C17H32N2/c1-13-7-4-3-5-10-17(13)19-15-8-6-9-16(19)12-14(11-15)18-2/h13-18H,3-12H2,1-2H3. The first-order chi connectivity index (χ1) is 9.29. The highest BCUT2D eigenvalue weighted by Gasteiger charge is 2.42. The highest BCUT2D eigenvalue weighted by Crippen LogP contribution is 2.40. The number of rotatable bonds is 2. The Labute approximate surface area is 119 Å². The number of nitrogens with zero attached hydrogens (tertiary/aromatic N) is 1. The molecule has 2 saturated heterocycles. The van der Waals surface area contributed by atoms with Crippen LogP contribution in [0.1, 0.15) is 71.1 Å². The fourth-order valence-corrected chi connectivity index (χ4v) is 5.11. The van der Waals surface area contributed by atoms with E-state index in [1.807, 2.05) is 0 Å². The van der Waals surface area contributed by atoms with Gasteiger partial charge in [-0.2, -0.15) is 0 Å². The van der Waals surface area contributed by atoms with Crippen LogP contribution in [0, 0.1) is 5.92 Å². The molecule has 2 heteroatoms. The van der Waals surface area contributed by atoms with Crippen molar-refractivity contribution in [1.29, 1.82) is 0 Å². The summed E-state index contributed by atoms with van der Waals surface area (Å²) < 4.78 is 0. The SMILES string of the molecule is CNC1CC2CCCC(C1)N2C1CCCCCC1C. The molecule has 0 aromatic carbocycles. The van der Waals surface area contributed by atoms with Crippen LogP contribution in [0.3, 0.4) is 0 Å². The lowest BCUT2D eigenvalue weighted by Gasteiger charge is -2.53. The molecule has 3 fully saturated rings. The summed E-state index contributed by atoms with van der Waals surface area (Å²) in [7, 11) is 2.16. The van der Waals surface area contributed by atoms with Crippen LogP contribution in [0.2, 0.25) is 0 Å². The van der Waals surface area contributed by atoms with Crippen molar-refractivity contribution in [3.8, 4) is 0 Å². The van der Waals surface area contributed by atoms with Gasteiger partial charge in [-0.3, -0.25) is 4.90 Å². The molecule has 2 bridgehead atoms. The minimum absolute atomic E-state index is 0.785. The van der Waals surface area contributed by atoms with E-state index in [1.165, 1.54) is 64.2 Å². The Hall–Kier alpha value is -0.0800. The Bertz CT molecular complexity index is 277. The maximum absolute atomic E-state index is 3.55. The first-order valence-corrected chi connectivity index (χ1v) is 8.74. The number of hydrogen-bond acceptors (Lipinski definition) is 2. The number of hydrogen-bond donors (Lipinski definition) is 1. The molecule has 2 heterocycles. The molecular formula is C17H32N2. The fraction of sp³-hybridized carbons (Fsp3) is 1.00. The molecule has 3 aliphatic rings. The Morgan fingerprint density at radius 2 is 1.53 bits per heavy atom. The van der Waals surface area contributed by atoms with E-state index in [2.05, 4.69) is 24.2 Å². The summed E-state index contributed by atoms with van der Waals surface area (Å²) in [4.78, 5) is 3.01. The summed E-state index contributed by atoms with van der Waals surface area (Å²) in [6.45, 7) is 2.52. The van der Waals surface area contributed by atoms with Gasteiger partial charge in [-0.1, -0.05) is 32.6 Å². The zero-order valence-electron chi connectivity index (χ0n) is 12.9. The van der Waals surface area contributed by atoms with Crippen LogP contribution in [-0.4, -0.2) is 36.1 Å². The van der Waals surface area contributed by atoms with Gasteiger partial charge >= 0.3 is 0 Å². The molecule has 0 aromatic heterocycles. The summed E-state index contributed by atoms with van der Waals surface area (Å²) in [5.74, 6) is 0.928. The van der Waals surface area contributed by atoms with Gasteiger partial charge in [0.25, 0.3) is 0 Å². The first kappa shape index (κ1) is 13.9. The second-order valence-corrected chi connectivity index (χ2v) is 7.33. The molecule has 2 nitrogen and oxygen atoms in total. The molecule has 110 valence electrons. The highest BCUT2D eigenvalue weighted by atomic mass is 15.2. The van der Waals surface area contributed by atoms with E-state index in [0.29, 0.717) is 0 Å². The maximum atomic E-state index is 3.55. The van der Waals surface area contributed by atoms with E-state index in [1.54, 1.807) is 0 Å². The van der Waals surface area contributed by atoms with Crippen LogP contribution >= 0.6 is 0 Å². The van der Waals surface area contributed by atoms with Gasteiger partial charge in [0.1, 0.15) is 0 Å². The van der Waals surface area contributed by atoms with Crippen molar-refractivity contribution in [3.63, 3.8) is 0 Å². The molecule has 1 aliphatic carbocycles. The normalized spacial score (nSPS) is 44.8. The fourth-order valence-electron chi connectivity index (χ4n) is 5.11. The van der Waals surface area contributed by atoms with Gasteiger partial charge in [-0.25, -0.2) is 0 Å². The third kappa shape index (κ3) is 2.85. The summed E-state index contributed by atoms with van der Waals surface area (Å²) in [6.07, 6.45) is 14.5. The molecule has 1 saturated carbocycles. The number of fused-ring (bicyclic) bond motifs is 2. The summed E-state index contributed by atoms with van der Waals surface area (Å²) in [5, 5.41) is 3.55. The third-order valence-electron chi connectivity index (χ3n) is 6.14. The van der Waals surface area contributed by atoms with Crippen LogP contribution < -0.4 is 5.32 Å². The average molecular weight is 264 g/mol. The monoisotopic (exact) mass is 264 g/mol. The summed E-state index contributed by atoms with van der Waals surface area (Å²) in [5.41, 5.74) is 0. The molecular weight excluding hydrogens is 232 g/mol. The molecule has 4 unspecified atom stereocenters. The molecule has 0 spiro atoms. The van der Waals surface area contributed by atoms with Gasteiger partial charge in [0, 0.05) is 24.2 Å². The molecule has 19 heavy (non-hydrogen) atoms. The zero-order valence-corrected chi connectivity index (χ0v) is 12.9. The van der Waals surface area contributed by atoms with Crippen LogP contribution in [0.4, 0.5) is 0 Å². The lowest BCUT2D eigenvalue weighted by atomic mass is 9.78. The first-order valence-electron chi connectivity index (χ1n) is 8.74. The molecule has 2 aliphatic heterocycles. The average Bonchev–Trinajstić information content (AvgIpc) is 2.62. The van der Waals surface area contributed by atoms with Crippen LogP contribution in [0.15, 0.2) is 0 Å². The Balaban J connectivity index is 1.75. The predicted octanol–water partition coefficient (Wildman–Crippen LogP) is 3.56. The smallest absolute Gasteiger partial charge is 0.0127 e. The van der Waals surface area contributed by atoms with Gasteiger partial charge < -0.3 is 5.32 Å². The maximum Gasteiger partial charge on any atom is 0.0127 e. The minimum atomic E-state index is 0.785. The van der Waals surface area contributed by atoms with Crippen molar-refractivity contribution in [2.24, 2.45) is 5.92 Å². The molecule has 0 amide bonds. The predicted molar refractivity (Wildman–Crippen MR) is 81.4 cm³/mol.